The summed E-state index contributed by atoms with van der Waals surface area (Å²) < 4.78 is 13.1. The predicted molar refractivity (Wildman–Crippen MR) is 69.1 cm³/mol. The first-order valence-corrected chi connectivity index (χ1v) is 5.65. The second kappa shape index (κ2) is 5.32. The molecule has 0 aliphatic rings. The SMILES string of the molecule is CNc1nc(Cl)nc(Nc2cc(F)ccc2Cl)n1. The van der Waals surface area contributed by atoms with E-state index in [0.29, 0.717) is 16.7 Å². The summed E-state index contributed by atoms with van der Waals surface area (Å²) in [7, 11) is 1.64. The third-order valence-corrected chi connectivity index (χ3v) is 2.51. The van der Waals surface area contributed by atoms with Crippen molar-refractivity contribution in [1.82, 2.24) is 15.0 Å². The second-order valence-electron chi connectivity index (χ2n) is 3.25. The third-order valence-electron chi connectivity index (χ3n) is 2.01. The maximum atomic E-state index is 13.1. The molecule has 94 valence electrons. The fraction of sp³-hybridized carbons (Fsp3) is 0.100. The van der Waals surface area contributed by atoms with E-state index in [-0.39, 0.29) is 11.2 Å². The van der Waals surface area contributed by atoms with Crippen LogP contribution in [-0.2, 0) is 0 Å². The van der Waals surface area contributed by atoms with Crippen LogP contribution in [0.4, 0.5) is 22.0 Å². The molecule has 0 bridgehead atoms. The van der Waals surface area contributed by atoms with Crippen molar-refractivity contribution >= 4 is 40.8 Å². The molecule has 5 nitrogen and oxygen atoms in total. The summed E-state index contributed by atoms with van der Waals surface area (Å²) >= 11 is 11.6. The minimum absolute atomic E-state index is 0.0179. The molecule has 18 heavy (non-hydrogen) atoms. The third kappa shape index (κ3) is 2.96. The van der Waals surface area contributed by atoms with Gasteiger partial charge in [0.15, 0.2) is 0 Å². The molecule has 0 radical (unpaired) electrons. The van der Waals surface area contributed by atoms with Crippen molar-refractivity contribution in [3.8, 4) is 0 Å². The number of hydrogen-bond donors (Lipinski definition) is 2. The highest BCUT2D eigenvalue weighted by molar-refractivity contribution is 6.33. The van der Waals surface area contributed by atoms with Gasteiger partial charge in [0.2, 0.25) is 17.2 Å². The molecule has 0 saturated carbocycles. The van der Waals surface area contributed by atoms with Crippen molar-refractivity contribution in [2.24, 2.45) is 0 Å². The molecule has 2 N–H and O–H groups in total. The summed E-state index contributed by atoms with van der Waals surface area (Å²) in [6, 6.07) is 3.92. The highest BCUT2D eigenvalue weighted by Gasteiger charge is 2.07. The lowest BCUT2D eigenvalue weighted by Gasteiger charge is -2.08. The standard InChI is InChI=1S/C10H8Cl2FN5/c1-14-9-16-8(12)17-10(18-9)15-7-4-5(13)2-3-6(7)11/h2-4H,1H3,(H2,14,15,16,17,18). The van der Waals surface area contributed by atoms with Crippen LogP contribution in [0.2, 0.25) is 10.3 Å². The lowest BCUT2D eigenvalue weighted by Crippen LogP contribution is -2.04. The van der Waals surface area contributed by atoms with Crippen LogP contribution in [0, 0.1) is 5.82 Å². The minimum atomic E-state index is -0.420. The van der Waals surface area contributed by atoms with E-state index in [2.05, 4.69) is 25.6 Å². The Morgan fingerprint density at radius 1 is 1.11 bits per heavy atom. The zero-order valence-corrected chi connectivity index (χ0v) is 10.7. The number of rotatable bonds is 3. The first kappa shape index (κ1) is 12.8. The van der Waals surface area contributed by atoms with Gasteiger partial charge in [0.1, 0.15) is 5.82 Å². The largest absolute Gasteiger partial charge is 0.357 e. The van der Waals surface area contributed by atoms with E-state index in [1.54, 1.807) is 7.05 Å². The Hall–Kier alpha value is -1.66. The predicted octanol–water partition coefficient (Wildman–Crippen LogP) is 3.10. The number of nitrogens with zero attached hydrogens (tertiary/aromatic N) is 3. The number of nitrogens with one attached hydrogen (secondary N) is 2. The lowest BCUT2D eigenvalue weighted by atomic mass is 10.3. The number of benzene rings is 1. The van der Waals surface area contributed by atoms with Gasteiger partial charge in [-0.05, 0) is 29.8 Å². The van der Waals surface area contributed by atoms with Crippen LogP contribution in [0.15, 0.2) is 18.2 Å². The van der Waals surface area contributed by atoms with Gasteiger partial charge in [0.05, 0.1) is 10.7 Å². The molecule has 0 aliphatic carbocycles. The minimum Gasteiger partial charge on any atom is -0.357 e. The average molecular weight is 288 g/mol. The highest BCUT2D eigenvalue weighted by atomic mass is 35.5. The maximum Gasteiger partial charge on any atom is 0.233 e. The van der Waals surface area contributed by atoms with Crippen LogP contribution in [-0.4, -0.2) is 22.0 Å². The van der Waals surface area contributed by atoms with Crippen LogP contribution in [0.5, 0.6) is 0 Å². The molecule has 0 saturated heterocycles. The number of halogens is 3. The highest BCUT2D eigenvalue weighted by Crippen LogP contribution is 2.25. The molecule has 0 atom stereocenters. The molecule has 0 aliphatic heterocycles. The van der Waals surface area contributed by atoms with Gasteiger partial charge in [0.25, 0.3) is 0 Å². The van der Waals surface area contributed by atoms with E-state index < -0.39 is 5.82 Å². The summed E-state index contributed by atoms with van der Waals surface area (Å²) in [5.74, 6) is 0.0489. The lowest BCUT2D eigenvalue weighted by molar-refractivity contribution is 0.628. The van der Waals surface area contributed by atoms with Crippen LogP contribution >= 0.6 is 23.2 Å². The molecule has 1 heterocycles. The Kier molecular flexibility index (Phi) is 3.78. The van der Waals surface area contributed by atoms with Gasteiger partial charge in [0, 0.05) is 7.05 Å². The van der Waals surface area contributed by atoms with Gasteiger partial charge >= 0.3 is 0 Å². The fourth-order valence-electron chi connectivity index (χ4n) is 1.23. The van der Waals surface area contributed by atoms with Gasteiger partial charge in [-0.25, -0.2) is 4.39 Å². The number of aromatic nitrogens is 3. The molecule has 2 aromatic rings. The van der Waals surface area contributed by atoms with Crippen LogP contribution in [0.25, 0.3) is 0 Å². The van der Waals surface area contributed by atoms with Crippen LogP contribution in [0.1, 0.15) is 0 Å². The van der Waals surface area contributed by atoms with Crippen LogP contribution in [0.3, 0.4) is 0 Å². The fourth-order valence-corrected chi connectivity index (χ4v) is 1.56. The molecule has 0 fully saturated rings. The Morgan fingerprint density at radius 2 is 1.83 bits per heavy atom. The second-order valence-corrected chi connectivity index (χ2v) is 4.00. The summed E-state index contributed by atoms with van der Waals surface area (Å²) in [5.41, 5.74) is 0.348. The van der Waals surface area contributed by atoms with E-state index in [1.807, 2.05) is 0 Å². The Labute approximate surface area is 112 Å². The summed E-state index contributed by atoms with van der Waals surface area (Å²) in [6.07, 6.45) is 0. The molecule has 0 spiro atoms. The average Bonchev–Trinajstić information content (AvgIpc) is 2.33. The summed E-state index contributed by atoms with van der Waals surface area (Å²) in [6.45, 7) is 0. The molecular weight excluding hydrogens is 280 g/mol. The van der Waals surface area contributed by atoms with E-state index in [4.69, 9.17) is 23.2 Å². The van der Waals surface area contributed by atoms with Gasteiger partial charge in [-0.3, -0.25) is 0 Å². The topological polar surface area (TPSA) is 62.7 Å². The van der Waals surface area contributed by atoms with E-state index in [9.17, 15) is 4.39 Å². The van der Waals surface area contributed by atoms with Crippen molar-refractivity contribution in [3.05, 3.63) is 34.3 Å². The van der Waals surface area contributed by atoms with Crippen molar-refractivity contribution in [3.63, 3.8) is 0 Å². The van der Waals surface area contributed by atoms with E-state index >= 15 is 0 Å². The smallest absolute Gasteiger partial charge is 0.233 e. The van der Waals surface area contributed by atoms with E-state index in [1.165, 1.54) is 18.2 Å². The molecule has 8 heteroatoms. The Morgan fingerprint density at radius 3 is 2.56 bits per heavy atom. The molecule has 0 amide bonds. The normalized spacial score (nSPS) is 10.2. The maximum absolute atomic E-state index is 13.1. The van der Waals surface area contributed by atoms with E-state index in [0.717, 1.165) is 0 Å². The zero-order valence-electron chi connectivity index (χ0n) is 9.21. The Balaban J connectivity index is 2.33. The molecule has 0 unspecified atom stereocenters. The Bertz CT molecular complexity index is 578. The zero-order chi connectivity index (χ0) is 13.1. The number of anilines is 3. The van der Waals surface area contributed by atoms with Crippen molar-refractivity contribution in [1.29, 1.82) is 0 Å². The first-order valence-electron chi connectivity index (χ1n) is 4.90. The van der Waals surface area contributed by atoms with Crippen LogP contribution < -0.4 is 10.6 Å². The summed E-state index contributed by atoms with van der Waals surface area (Å²) in [4.78, 5) is 11.7. The van der Waals surface area contributed by atoms with Gasteiger partial charge in [-0.2, -0.15) is 15.0 Å². The molecule has 1 aromatic heterocycles. The van der Waals surface area contributed by atoms with Crippen molar-refractivity contribution < 1.29 is 4.39 Å². The van der Waals surface area contributed by atoms with Crippen molar-refractivity contribution in [2.75, 3.05) is 17.7 Å². The van der Waals surface area contributed by atoms with Gasteiger partial charge in [-0.15, -0.1) is 0 Å². The number of hydrogen-bond acceptors (Lipinski definition) is 5. The van der Waals surface area contributed by atoms with Gasteiger partial charge < -0.3 is 10.6 Å². The van der Waals surface area contributed by atoms with Gasteiger partial charge in [-0.1, -0.05) is 11.6 Å². The quantitative estimate of drug-likeness (QED) is 0.908. The molecular formula is C10H8Cl2FN5. The molecule has 2 rings (SSSR count). The molecule has 1 aromatic carbocycles. The van der Waals surface area contributed by atoms with Crippen molar-refractivity contribution in [2.45, 2.75) is 0 Å². The first-order chi connectivity index (χ1) is 8.58. The monoisotopic (exact) mass is 287 g/mol. The summed E-state index contributed by atoms with van der Waals surface area (Å²) in [5, 5.41) is 5.86.